The zero-order chi connectivity index (χ0) is 43.7. The molecule has 64 heavy (non-hydrogen) atoms. The minimum absolute atomic E-state index is 0.527. The number of benzene rings is 10. The molecule has 0 aliphatic carbocycles. The number of hydrogen-bond donors (Lipinski definition) is 2. The summed E-state index contributed by atoms with van der Waals surface area (Å²) < 4.78 is 15.0. The van der Waals surface area contributed by atoms with Crippen molar-refractivity contribution in [1.29, 1.82) is 0 Å². The number of rotatable bonds is 4. The van der Waals surface area contributed by atoms with Gasteiger partial charge in [-0.25, -0.2) is 0 Å². The fourth-order valence-electron chi connectivity index (χ4n) is 8.50. The van der Waals surface area contributed by atoms with E-state index in [0.717, 1.165) is 79.2 Å². The van der Waals surface area contributed by atoms with Gasteiger partial charge in [0.05, 0.1) is 0 Å². The molecule has 0 spiro atoms. The Morgan fingerprint density at radius 1 is 0.312 bits per heavy atom. The van der Waals surface area contributed by atoms with Gasteiger partial charge >= 0.3 is 7.12 Å². The van der Waals surface area contributed by atoms with Gasteiger partial charge in [0, 0.05) is 35.0 Å². The molecule has 308 valence electrons. The Balaban J connectivity index is 0.000000122. The SMILES string of the molecule is Brc1ccc2oc3ccc(-c4ccccc4-c4cccc5ccccc45)cc3c2c1.Brc1ccc2oc3ccc(Br)cc3c2c1.OB(O)c1ccccc1-c1cccc2ccccc12. The van der Waals surface area contributed by atoms with Gasteiger partial charge in [-0.2, -0.15) is 0 Å². The van der Waals surface area contributed by atoms with Gasteiger partial charge in [-0.3, -0.25) is 0 Å². The molecule has 12 rings (SSSR count). The third kappa shape index (κ3) is 8.32. The predicted molar refractivity (Wildman–Crippen MR) is 278 cm³/mol. The van der Waals surface area contributed by atoms with Crippen molar-refractivity contribution in [2.24, 2.45) is 0 Å². The molecule has 0 atom stereocenters. The maximum atomic E-state index is 9.49. The van der Waals surface area contributed by atoms with Crippen LogP contribution in [-0.2, 0) is 0 Å². The first-order valence-electron chi connectivity index (χ1n) is 20.7. The summed E-state index contributed by atoms with van der Waals surface area (Å²) in [6, 6.07) is 70.0. The molecular weight excluding hydrogens is 987 g/mol. The van der Waals surface area contributed by atoms with E-state index in [-0.39, 0.29) is 0 Å². The van der Waals surface area contributed by atoms with E-state index in [1.165, 1.54) is 33.0 Å². The molecular formula is C56H36BBr3O4. The zero-order valence-corrected chi connectivity index (χ0v) is 38.8. The van der Waals surface area contributed by atoms with Crippen LogP contribution in [0.4, 0.5) is 0 Å². The standard InChI is InChI=1S/C28H17BrO.C16H13BO2.C12H6Br2O/c29-20-13-15-28-26(17-20)25-16-19(12-14-27(25)30-28)22-9-3-4-10-23(22)24-11-5-7-18-6-1-2-8-21(18)24;18-17(19)16-11-4-3-9-15(16)14-10-5-7-12-6-1-2-8-13(12)14;13-7-1-3-11-9(5-7)10-6-8(14)2-4-12(10)15-11/h1-17H;1-11,18-19H;1-6H. The molecule has 10 aromatic carbocycles. The normalized spacial score (nSPS) is 11.2. The van der Waals surface area contributed by atoms with Crippen LogP contribution in [0.5, 0.6) is 0 Å². The average molecular weight is 1020 g/mol. The van der Waals surface area contributed by atoms with Gasteiger partial charge in [0.2, 0.25) is 0 Å². The third-order valence-corrected chi connectivity index (χ3v) is 12.9. The van der Waals surface area contributed by atoms with Gasteiger partial charge in [-0.1, -0.05) is 187 Å². The Hall–Kier alpha value is -6.26. The van der Waals surface area contributed by atoms with E-state index in [0.29, 0.717) is 5.46 Å². The topological polar surface area (TPSA) is 66.7 Å². The number of halogens is 3. The summed E-state index contributed by atoms with van der Waals surface area (Å²) in [6.07, 6.45) is 0. The molecule has 0 fully saturated rings. The van der Waals surface area contributed by atoms with Gasteiger partial charge in [-0.15, -0.1) is 0 Å². The lowest BCUT2D eigenvalue weighted by molar-refractivity contribution is 0.426. The molecule has 2 aromatic heterocycles. The van der Waals surface area contributed by atoms with Gasteiger partial charge in [0.25, 0.3) is 0 Å². The smallest absolute Gasteiger partial charge is 0.456 e. The lowest BCUT2D eigenvalue weighted by Crippen LogP contribution is -2.31. The molecule has 0 aliphatic heterocycles. The summed E-state index contributed by atoms with van der Waals surface area (Å²) >= 11 is 10.5. The van der Waals surface area contributed by atoms with E-state index >= 15 is 0 Å². The van der Waals surface area contributed by atoms with E-state index in [1.54, 1.807) is 6.07 Å². The van der Waals surface area contributed by atoms with Crippen molar-refractivity contribution < 1.29 is 18.9 Å². The predicted octanol–water partition coefficient (Wildman–Crippen LogP) is 16.1. The van der Waals surface area contributed by atoms with E-state index < -0.39 is 7.12 Å². The Morgan fingerprint density at radius 2 is 0.688 bits per heavy atom. The molecule has 0 amide bonds. The molecule has 12 aromatic rings. The number of hydrogen-bond acceptors (Lipinski definition) is 4. The van der Waals surface area contributed by atoms with Crippen LogP contribution in [0.15, 0.2) is 229 Å². The van der Waals surface area contributed by atoms with Crippen LogP contribution >= 0.6 is 47.8 Å². The monoisotopic (exact) mass is 1020 g/mol. The molecule has 2 heterocycles. The van der Waals surface area contributed by atoms with Crippen LogP contribution in [-0.4, -0.2) is 17.2 Å². The van der Waals surface area contributed by atoms with Crippen molar-refractivity contribution in [3.8, 4) is 33.4 Å². The summed E-state index contributed by atoms with van der Waals surface area (Å²) in [5.74, 6) is 0. The van der Waals surface area contributed by atoms with Crippen molar-refractivity contribution >= 4 is 126 Å². The van der Waals surface area contributed by atoms with E-state index in [1.807, 2.05) is 84.9 Å². The maximum absolute atomic E-state index is 9.49. The van der Waals surface area contributed by atoms with Crippen LogP contribution in [0, 0.1) is 0 Å². The molecule has 0 unspecified atom stereocenters. The Kier molecular flexibility index (Phi) is 11.8. The first-order chi connectivity index (χ1) is 31.3. The lowest BCUT2D eigenvalue weighted by Gasteiger charge is -2.13. The van der Waals surface area contributed by atoms with Crippen LogP contribution in [0.25, 0.3) is 98.8 Å². The van der Waals surface area contributed by atoms with Crippen LogP contribution < -0.4 is 5.46 Å². The fourth-order valence-corrected chi connectivity index (χ4v) is 9.58. The highest BCUT2D eigenvalue weighted by atomic mass is 79.9. The molecule has 0 saturated carbocycles. The summed E-state index contributed by atoms with van der Waals surface area (Å²) in [7, 11) is -1.46. The van der Waals surface area contributed by atoms with Crippen molar-refractivity contribution in [3.63, 3.8) is 0 Å². The lowest BCUT2D eigenvalue weighted by atomic mass is 9.75. The average Bonchev–Trinajstić information content (AvgIpc) is 3.88. The quantitative estimate of drug-likeness (QED) is 0.172. The highest BCUT2D eigenvalue weighted by molar-refractivity contribution is 9.11. The zero-order valence-electron chi connectivity index (χ0n) is 34.1. The minimum Gasteiger partial charge on any atom is -0.456 e. The van der Waals surface area contributed by atoms with Gasteiger partial charge < -0.3 is 18.9 Å². The number of furan rings is 2. The Bertz CT molecular complexity index is 3600. The second-order valence-electron chi connectivity index (χ2n) is 15.4. The van der Waals surface area contributed by atoms with Crippen molar-refractivity contribution in [2.75, 3.05) is 0 Å². The maximum Gasteiger partial charge on any atom is 0.489 e. The molecule has 8 heteroatoms. The Labute approximate surface area is 394 Å². The third-order valence-electron chi connectivity index (χ3n) is 11.5. The molecule has 0 aliphatic rings. The second kappa shape index (κ2) is 18.1. The van der Waals surface area contributed by atoms with Crippen LogP contribution in [0.2, 0.25) is 0 Å². The first kappa shape index (κ1) is 41.7. The van der Waals surface area contributed by atoms with E-state index in [2.05, 4.69) is 163 Å². The van der Waals surface area contributed by atoms with Crippen molar-refractivity contribution in [2.45, 2.75) is 0 Å². The van der Waals surface area contributed by atoms with Gasteiger partial charge in [-0.05, 0) is 127 Å². The highest BCUT2D eigenvalue weighted by Gasteiger charge is 2.18. The molecule has 0 saturated heterocycles. The van der Waals surface area contributed by atoms with E-state index in [9.17, 15) is 10.0 Å². The second-order valence-corrected chi connectivity index (χ2v) is 18.1. The largest absolute Gasteiger partial charge is 0.489 e. The van der Waals surface area contributed by atoms with Crippen molar-refractivity contribution in [1.82, 2.24) is 0 Å². The van der Waals surface area contributed by atoms with Crippen LogP contribution in [0.3, 0.4) is 0 Å². The molecule has 0 bridgehead atoms. The fraction of sp³-hybridized carbons (Fsp3) is 0. The number of fused-ring (bicyclic) bond motifs is 8. The van der Waals surface area contributed by atoms with Crippen LogP contribution in [0.1, 0.15) is 0 Å². The summed E-state index contributed by atoms with van der Waals surface area (Å²) in [5.41, 5.74) is 11.0. The first-order valence-corrected chi connectivity index (χ1v) is 23.1. The molecule has 0 radical (unpaired) electrons. The Morgan fingerprint density at radius 3 is 1.20 bits per heavy atom. The highest BCUT2D eigenvalue weighted by Crippen LogP contribution is 2.39. The van der Waals surface area contributed by atoms with E-state index in [4.69, 9.17) is 8.83 Å². The minimum atomic E-state index is -1.46. The molecule has 2 N–H and O–H groups in total. The van der Waals surface area contributed by atoms with Gasteiger partial charge in [0.1, 0.15) is 22.3 Å². The summed E-state index contributed by atoms with van der Waals surface area (Å²) in [4.78, 5) is 0. The van der Waals surface area contributed by atoms with Gasteiger partial charge in [0.15, 0.2) is 0 Å². The summed E-state index contributed by atoms with van der Waals surface area (Å²) in [5, 5.41) is 28.3. The summed E-state index contributed by atoms with van der Waals surface area (Å²) in [6.45, 7) is 0. The molecule has 4 nitrogen and oxygen atoms in total. The van der Waals surface area contributed by atoms with Crippen molar-refractivity contribution in [3.05, 3.63) is 220 Å².